The Hall–Kier alpha value is -3.03. The second-order valence-electron chi connectivity index (χ2n) is 8.21. The van der Waals surface area contributed by atoms with Crippen LogP contribution in [0.2, 0.25) is 0 Å². The third-order valence-electron chi connectivity index (χ3n) is 5.85. The predicted octanol–water partition coefficient (Wildman–Crippen LogP) is 4.90. The Kier molecular flexibility index (Phi) is 6.01. The maximum Gasteiger partial charge on any atom is 0.181 e. The first-order valence-electron chi connectivity index (χ1n) is 10.8. The van der Waals surface area contributed by atoms with Gasteiger partial charge in [0.25, 0.3) is 0 Å². The normalized spacial score (nSPS) is 15.3. The molecule has 6 nitrogen and oxygen atoms in total. The predicted molar refractivity (Wildman–Crippen MR) is 126 cm³/mol. The molecule has 5 rings (SSSR count). The molecular formula is C25H24N4O2S. The lowest BCUT2D eigenvalue weighted by Crippen LogP contribution is -2.31. The second kappa shape index (κ2) is 9.22. The fraction of sp³-hybridized carbons (Fsp3) is 0.280. The number of rotatable bonds is 6. The number of oxazole rings is 1. The monoisotopic (exact) mass is 444 g/mol. The molecule has 1 saturated heterocycles. The number of fused-ring (bicyclic) bond motifs is 1. The summed E-state index contributed by atoms with van der Waals surface area (Å²) in [6.45, 7) is 2.23. The molecule has 0 amide bonds. The number of Topliss-reactive ketones (excluding diaryl/α,β-unsaturated/α-hetero) is 1. The summed E-state index contributed by atoms with van der Waals surface area (Å²) in [6.07, 6.45) is 9.22. The molecule has 0 bridgehead atoms. The zero-order chi connectivity index (χ0) is 21.9. The first-order chi connectivity index (χ1) is 15.6. The number of likely N-dealkylation sites (tertiary alicyclic amines) is 1. The maximum atomic E-state index is 13.0. The smallest absolute Gasteiger partial charge is 0.181 e. The van der Waals surface area contributed by atoms with Gasteiger partial charge in [0.15, 0.2) is 17.9 Å². The summed E-state index contributed by atoms with van der Waals surface area (Å²) in [5, 5.41) is 3.52. The van der Waals surface area contributed by atoms with Gasteiger partial charge in [0.05, 0.1) is 17.6 Å². The minimum absolute atomic E-state index is 0.0517. The van der Waals surface area contributed by atoms with Crippen molar-refractivity contribution in [3.8, 4) is 11.3 Å². The van der Waals surface area contributed by atoms with Gasteiger partial charge in [0.1, 0.15) is 0 Å². The Balaban J connectivity index is 1.31. The molecule has 1 aliphatic heterocycles. The van der Waals surface area contributed by atoms with Crippen molar-refractivity contribution >= 4 is 28.3 Å². The quantitative estimate of drug-likeness (QED) is 0.392. The van der Waals surface area contributed by atoms with Gasteiger partial charge in [0, 0.05) is 39.9 Å². The largest absolute Gasteiger partial charge is 0.444 e. The van der Waals surface area contributed by atoms with Crippen LogP contribution in [0.15, 0.2) is 70.8 Å². The summed E-state index contributed by atoms with van der Waals surface area (Å²) >= 11 is 1.79. The zero-order valence-electron chi connectivity index (χ0n) is 17.9. The van der Waals surface area contributed by atoms with E-state index in [1.165, 1.54) is 6.39 Å². The van der Waals surface area contributed by atoms with E-state index in [9.17, 15) is 4.79 Å². The average molecular weight is 445 g/mol. The van der Waals surface area contributed by atoms with Crippen molar-refractivity contribution in [2.75, 3.05) is 20.1 Å². The van der Waals surface area contributed by atoms with Gasteiger partial charge in [-0.2, -0.15) is 0 Å². The molecule has 3 aromatic heterocycles. The number of hydrogen-bond donors (Lipinski definition) is 0. The number of carbonyl (C=O) groups is 1. The van der Waals surface area contributed by atoms with Gasteiger partial charge >= 0.3 is 0 Å². The van der Waals surface area contributed by atoms with Crippen molar-refractivity contribution in [2.45, 2.75) is 29.5 Å². The topological polar surface area (TPSA) is 72.1 Å². The van der Waals surface area contributed by atoms with Gasteiger partial charge in [0.2, 0.25) is 0 Å². The number of aromatic nitrogens is 3. The molecule has 0 saturated carbocycles. The van der Waals surface area contributed by atoms with E-state index in [2.05, 4.69) is 26.9 Å². The molecule has 32 heavy (non-hydrogen) atoms. The van der Waals surface area contributed by atoms with Gasteiger partial charge in [-0.1, -0.05) is 12.1 Å². The van der Waals surface area contributed by atoms with Crippen LogP contribution in [0.3, 0.4) is 0 Å². The fourth-order valence-electron chi connectivity index (χ4n) is 3.98. The van der Waals surface area contributed by atoms with E-state index in [-0.39, 0.29) is 12.2 Å². The van der Waals surface area contributed by atoms with E-state index in [0.29, 0.717) is 16.6 Å². The van der Waals surface area contributed by atoms with E-state index < -0.39 is 0 Å². The Labute approximate surface area is 191 Å². The van der Waals surface area contributed by atoms with E-state index in [0.717, 1.165) is 53.0 Å². The molecule has 1 aromatic carbocycles. The highest BCUT2D eigenvalue weighted by Gasteiger charge is 2.19. The van der Waals surface area contributed by atoms with Crippen molar-refractivity contribution in [3.63, 3.8) is 0 Å². The lowest BCUT2D eigenvalue weighted by molar-refractivity contribution is 0.0991. The van der Waals surface area contributed by atoms with E-state index in [1.807, 2.05) is 36.5 Å². The van der Waals surface area contributed by atoms with Crippen LogP contribution in [0.5, 0.6) is 0 Å². The fourth-order valence-corrected chi connectivity index (χ4v) is 5.09. The van der Waals surface area contributed by atoms with E-state index in [4.69, 9.17) is 4.42 Å². The third-order valence-corrected chi connectivity index (χ3v) is 7.12. The van der Waals surface area contributed by atoms with Crippen LogP contribution >= 0.6 is 11.8 Å². The van der Waals surface area contributed by atoms with E-state index >= 15 is 0 Å². The number of nitrogens with zero attached hydrogens (tertiary/aromatic N) is 4. The highest BCUT2D eigenvalue weighted by molar-refractivity contribution is 7.99. The highest BCUT2D eigenvalue weighted by Crippen LogP contribution is 2.29. The van der Waals surface area contributed by atoms with Gasteiger partial charge in [-0.05, 0) is 62.6 Å². The highest BCUT2D eigenvalue weighted by atomic mass is 32.2. The van der Waals surface area contributed by atoms with E-state index in [1.54, 1.807) is 30.2 Å². The summed E-state index contributed by atoms with van der Waals surface area (Å²) in [5.74, 6) is 0.767. The molecule has 7 heteroatoms. The number of hydrogen-bond acceptors (Lipinski definition) is 7. The summed E-state index contributed by atoms with van der Waals surface area (Å²) < 4.78 is 5.40. The standard InChI is InChI=1S/C25H24N4O2S/c1-29-8-5-22(6-9-29)32-25-12-17(4-7-27-25)23(30)13-21-11-20-10-18(24-15-26-16-31-24)2-3-19(20)14-28-21/h2-4,7,10-12,14-16,22H,5-6,8-9,13H2,1H3. The van der Waals surface area contributed by atoms with Crippen molar-refractivity contribution in [1.82, 2.24) is 19.9 Å². The van der Waals surface area contributed by atoms with Gasteiger partial charge in [-0.15, -0.1) is 11.8 Å². The number of carbonyl (C=O) groups excluding carboxylic acids is 1. The van der Waals surface area contributed by atoms with Crippen molar-refractivity contribution < 1.29 is 9.21 Å². The lowest BCUT2D eigenvalue weighted by atomic mass is 10.0. The molecule has 0 radical (unpaired) electrons. The molecule has 4 heterocycles. The number of piperidine rings is 1. The molecule has 1 fully saturated rings. The van der Waals surface area contributed by atoms with Crippen LogP contribution in [0, 0.1) is 0 Å². The van der Waals surface area contributed by atoms with Crippen molar-refractivity contribution in [2.24, 2.45) is 0 Å². The summed E-state index contributed by atoms with van der Waals surface area (Å²) in [4.78, 5) is 28.3. The van der Waals surface area contributed by atoms with Crippen LogP contribution in [-0.4, -0.2) is 51.0 Å². The van der Waals surface area contributed by atoms with Crippen LogP contribution in [-0.2, 0) is 6.42 Å². The summed E-state index contributed by atoms with van der Waals surface area (Å²) in [5.41, 5.74) is 2.38. The molecule has 0 aliphatic carbocycles. The number of benzene rings is 1. The Morgan fingerprint density at radius 1 is 1.09 bits per heavy atom. The number of ketones is 1. The number of pyridine rings is 2. The lowest BCUT2D eigenvalue weighted by Gasteiger charge is -2.28. The first-order valence-corrected chi connectivity index (χ1v) is 11.6. The molecule has 0 spiro atoms. The summed E-state index contributed by atoms with van der Waals surface area (Å²) in [6, 6.07) is 11.7. The first kappa shape index (κ1) is 20.8. The maximum absolute atomic E-state index is 13.0. The van der Waals surface area contributed by atoms with Crippen LogP contribution in [0.4, 0.5) is 0 Å². The van der Waals surface area contributed by atoms with Crippen LogP contribution < -0.4 is 0 Å². The molecule has 4 aromatic rings. The Bertz CT molecular complexity index is 1230. The Morgan fingerprint density at radius 2 is 1.97 bits per heavy atom. The molecule has 0 N–H and O–H groups in total. The molecule has 0 unspecified atom stereocenters. The van der Waals surface area contributed by atoms with Crippen LogP contribution in [0.25, 0.3) is 22.1 Å². The van der Waals surface area contributed by atoms with Crippen LogP contribution in [0.1, 0.15) is 28.9 Å². The van der Waals surface area contributed by atoms with Crippen molar-refractivity contribution in [1.29, 1.82) is 0 Å². The molecule has 162 valence electrons. The SMILES string of the molecule is CN1CCC(Sc2cc(C(=O)Cc3cc4cc(-c5cnco5)ccc4cn3)ccn2)CC1. The average Bonchev–Trinajstić information content (AvgIpc) is 3.35. The minimum atomic E-state index is 0.0517. The minimum Gasteiger partial charge on any atom is -0.444 e. The molecule has 1 aliphatic rings. The summed E-state index contributed by atoms with van der Waals surface area (Å²) in [7, 11) is 2.16. The van der Waals surface area contributed by atoms with Gasteiger partial charge < -0.3 is 9.32 Å². The second-order valence-corrected chi connectivity index (χ2v) is 9.53. The van der Waals surface area contributed by atoms with Gasteiger partial charge in [-0.25, -0.2) is 9.97 Å². The van der Waals surface area contributed by atoms with Crippen molar-refractivity contribution in [3.05, 3.63) is 72.6 Å². The Morgan fingerprint density at radius 3 is 2.78 bits per heavy atom. The van der Waals surface area contributed by atoms with Gasteiger partial charge in [-0.3, -0.25) is 9.78 Å². The molecule has 0 atom stereocenters. The number of thioether (sulfide) groups is 1. The molecular weight excluding hydrogens is 420 g/mol. The zero-order valence-corrected chi connectivity index (χ0v) is 18.7. The third kappa shape index (κ3) is 4.74.